The molecule has 0 saturated carbocycles. The van der Waals surface area contributed by atoms with Crippen molar-refractivity contribution in [3.05, 3.63) is 81.0 Å². The van der Waals surface area contributed by atoms with E-state index in [1.54, 1.807) is 12.1 Å². The number of methoxy groups -OCH3 is 1. The Balaban J connectivity index is 1.69. The van der Waals surface area contributed by atoms with E-state index in [9.17, 15) is 4.79 Å². The zero-order valence-electron chi connectivity index (χ0n) is 19.2. The number of ether oxygens (including phenoxy) is 2. The molecule has 0 amide bonds. The van der Waals surface area contributed by atoms with Crippen LogP contribution in [-0.2, 0) is 16.0 Å². The monoisotopic (exact) mass is 514 g/mol. The van der Waals surface area contributed by atoms with E-state index in [0.29, 0.717) is 15.8 Å². The van der Waals surface area contributed by atoms with Crippen LogP contribution in [0.3, 0.4) is 0 Å². The smallest absolute Gasteiger partial charge is 0.309 e. The normalized spacial score (nSPS) is 11.0. The summed E-state index contributed by atoms with van der Waals surface area (Å²) in [5.74, 6) is 1.12. The Bertz CT molecular complexity index is 1380. The molecular weight excluding hydrogens is 491 g/mol. The minimum absolute atomic E-state index is 0.226. The number of aromatic nitrogens is 1. The third-order valence-corrected chi connectivity index (χ3v) is 7.23. The van der Waals surface area contributed by atoms with Crippen LogP contribution in [0.2, 0.25) is 10.0 Å². The zero-order valence-corrected chi connectivity index (χ0v) is 21.5. The SMILES string of the molecule is COC(=O)Cc1ccc(Oc2ccc3[nH]c(C)cc3c2NSc2ccc(Cl)cc2Cl)c(C)c1C. The molecule has 4 rings (SSSR count). The van der Waals surface area contributed by atoms with Crippen molar-refractivity contribution in [1.82, 2.24) is 4.98 Å². The number of esters is 1. The van der Waals surface area contributed by atoms with Crippen LogP contribution in [-0.4, -0.2) is 18.1 Å². The Labute approximate surface area is 212 Å². The number of rotatable bonds is 7. The molecule has 3 aromatic carbocycles. The van der Waals surface area contributed by atoms with Gasteiger partial charge in [0.25, 0.3) is 0 Å². The predicted molar refractivity (Wildman–Crippen MR) is 141 cm³/mol. The van der Waals surface area contributed by atoms with E-state index in [1.165, 1.54) is 19.1 Å². The fraction of sp³-hybridized carbons (Fsp3) is 0.192. The summed E-state index contributed by atoms with van der Waals surface area (Å²) in [6, 6.07) is 15.2. The van der Waals surface area contributed by atoms with E-state index < -0.39 is 0 Å². The number of hydrogen-bond donors (Lipinski definition) is 2. The summed E-state index contributed by atoms with van der Waals surface area (Å²) in [4.78, 5) is 16.0. The van der Waals surface area contributed by atoms with Crippen LogP contribution >= 0.6 is 35.1 Å². The van der Waals surface area contributed by atoms with Gasteiger partial charge in [0.2, 0.25) is 0 Å². The van der Waals surface area contributed by atoms with Gasteiger partial charge in [-0.2, -0.15) is 0 Å². The second-order valence-corrected chi connectivity index (χ2v) is 9.65. The van der Waals surface area contributed by atoms with E-state index in [0.717, 1.165) is 49.6 Å². The van der Waals surface area contributed by atoms with Crippen LogP contribution in [0.25, 0.3) is 10.9 Å². The van der Waals surface area contributed by atoms with Crippen molar-refractivity contribution < 1.29 is 14.3 Å². The molecule has 2 N–H and O–H groups in total. The lowest BCUT2D eigenvalue weighted by molar-refractivity contribution is -0.139. The maximum Gasteiger partial charge on any atom is 0.309 e. The van der Waals surface area contributed by atoms with Gasteiger partial charge in [0, 0.05) is 26.5 Å². The van der Waals surface area contributed by atoms with E-state index >= 15 is 0 Å². The summed E-state index contributed by atoms with van der Waals surface area (Å²) in [6.45, 7) is 5.98. The number of carbonyl (C=O) groups excluding carboxylic acids is 1. The lowest BCUT2D eigenvalue weighted by Gasteiger charge is -2.17. The third-order valence-electron chi connectivity index (χ3n) is 5.69. The first-order valence-electron chi connectivity index (χ1n) is 10.6. The van der Waals surface area contributed by atoms with Crippen LogP contribution in [0.15, 0.2) is 53.4 Å². The number of aryl methyl sites for hydroxylation is 1. The summed E-state index contributed by atoms with van der Waals surface area (Å²) in [5.41, 5.74) is 5.75. The minimum Gasteiger partial charge on any atom is -0.469 e. The lowest BCUT2D eigenvalue weighted by atomic mass is 10.00. The van der Waals surface area contributed by atoms with E-state index in [2.05, 4.69) is 15.8 Å². The van der Waals surface area contributed by atoms with E-state index in [-0.39, 0.29) is 12.4 Å². The van der Waals surface area contributed by atoms with Gasteiger partial charge in [-0.15, -0.1) is 0 Å². The van der Waals surface area contributed by atoms with Crippen LogP contribution < -0.4 is 9.46 Å². The number of hydrogen-bond acceptors (Lipinski definition) is 5. The summed E-state index contributed by atoms with van der Waals surface area (Å²) in [6.07, 6.45) is 0.226. The number of fused-ring (bicyclic) bond motifs is 1. The van der Waals surface area contributed by atoms with E-state index in [1.807, 2.05) is 51.1 Å². The number of anilines is 1. The summed E-state index contributed by atoms with van der Waals surface area (Å²) in [7, 11) is 1.39. The molecule has 0 aliphatic heterocycles. The van der Waals surface area contributed by atoms with Crippen LogP contribution in [0, 0.1) is 20.8 Å². The predicted octanol–water partition coefficient (Wildman–Crippen LogP) is 8.03. The molecular formula is C26H24Cl2N2O3S. The summed E-state index contributed by atoms with van der Waals surface area (Å²) < 4.78 is 14.6. The highest BCUT2D eigenvalue weighted by Gasteiger charge is 2.16. The van der Waals surface area contributed by atoms with Crippen molar-refractivity contribution in [2.75, 3.05) is 11.8 Å². The number of H-pyrrole nitrogens is 1. The third kappa shape index (κ3) is 5.14. The highest BCUT2D eigenvalue weighted by atomic mass is 35.5. The molecule has 1 aromatic heterocycles. The molecule has 5 nitrogen and oxygen atoms in total. The Morgan fingerprint density at radius 3 is 2.50 bits per heavy atom. The molecule has 0 aliphatic rings. The topological polar surface area (TPSA) is 63.4 Å². The first-order valence-corrected chi connectivity index (χ1v) is 12.2. The Morgan fingerprint density at radius 1 is 1.00 bits per heavy atom. The maximum absolute atomic E-state index is 11.7. The molecule has 176 valence electrons. The number of aromatic amines is 1. The Morgan fingerprint density at radius 2 is 1.76 bits per heavy atom. The van der Waals surface area contributed by atoms with Gasteiger partial charge in [0.1, 0.15) is 5.75 Å². The summed E-state index contributed by atoms with van der Waals surface area (Å²) >= 11 is 13.8. The average Bonchev–Trinajstić information content (AvgIpc) is 3.19. The van der Waals surface area contributed by atoms with Crippen molar-refractivity contribution in [2.45, 2.75) is 32.1 Å². The Hall–Kier alpha value is -2.80. The standard InChI is InChI=1S/C26H24Cl2N2O3S/c1-14-11-19-21(29-14)7-9-23(26(19)30-34-24-10-6-18(27)13-20(24)28)33-22-8-5-17(12-25(31)32-4)15(2)16(22)3/h5-11,13,29-30H,12H2,1-4H3. The highest BCUT2D eigenvalue weighted by molar-refractivity contribution is 8.00. The van der Waals surface area contributed by atoms with Gasteiger partial charge in [-0.1, -0.05) is 29.3 Å². The van der Waals surface area contributed by atoms with Crippen molar-refractivity contribution in [2.24, 2.45) is 0 Å². The first-order chi connectivity index (χ1) is 16.3. The number of benzene rings is 3. The molecule has 8 heteroatoms. The van der Waals surface area contributed by atoms with Crippen molar-refractivity contribution in [1.29, 1.82) is 0 Å². The first kappa shape index (κ1) is 24.3. The van der Waals surface area contributed by atoms with Crippen molar-refractivity contribution in [3.63, 3.8) is 0 Å². The van der Waals surface area contributed by atoms with Gasteiger partial charge >= 0.3 is 5.97 Å². The number of carbonyl (C=O) groups is 1. The van der Waals surface area contributed by atoms with Gasteiger partial charge in [-0.25, -0.2) is 0 Å². The summed E-state index contributed by atoms with van der Waals surface area (Å²) in [5, 5.41) is 2.16. The Kier molecular flexibility index (Phi) is 7.31. The molecule has 0 unspecified atom stereocenters. The molecule has 34 heavy (non-hydrogen) atoms. The van der Waals surface area contributed by atoms with Gasteiger partial charge in [0.05, 0.1) is 24.2 Å². The van der Waals surface area contributed by atoms with Crippen LogP contribution in [0.1, 0.15) is 22.4 Å². The van der Waals surface area contributed by atoms with Gasteiger partial charge in [-0.05, 0) is 91.9 Å². The number of halogens is 2. The molecule has 0 spiro atoms. The molecule has 0 fully saturated rings. The molecule has 0 bridgehead atoms. The van der Waals surface area contributed by atoms with Crippen molar-refractivity contribution in [3.8, 4) is 11.5 Å². The maximum atomic E-state index is 11.7. The zero-order chi connectivity index (χ0) is 24.4. The molecule has 0 aliphatic carbocycles. The van der Waals surface area contributed by atoms with Gasteiger partial charge < -0.3 is 19.2 Å². The van der Waals surface area contributed by atoms with Crippen LogP contribution in [0.4, 0.5) is 5.69 Å². The largest absolute Gasteiger partial charge is 0.469 e. The lowest BCUT2D eigenvalue weighted by Crippen LogP contribution is -2.07. The fourth-order valence-electron chi connectivity index (χ4n) is 3.68. The fourth-order valence-corrected chi connectivity index (χ4v) is 4.92. The molecule has 0 radical (unpaired) electrons. The molecule has 1 heterocycles. The van der Waals surface area contributed by atoms with Crippen molar-refractivity contribution >= 4 is 57.7 Å². The average molecular weight is 515 g/mol. The minimum atomic E-state index is -0.270. The second kappa shape index (κ2) is 10.2. The van der Waals surface area contributed by atoms with E-state index in [4.69, 9.17) is 32.7 Å². The van der Waals surface area contributed by atoms with Gasteiger partial charge in [-0.3, -0.25) is 4.79 Å². The molecule has 0 saturated heterocycles. The number of nitrogens with one attached hydrogen (secondary N) is 2. The second-order valence-electron chi connectivity index (χ2n) is 7.96. The quantitative estimate of drug-likeness (QED) is 0.193. The molecule has 4 aromatic rings. The van der Waals surface area contributed by atoms with Crippen LogP contribution in [0.5, 0.6) is 11.5 Å². The molecule has 0 atom stereocenters. The van der Waals surface area contributed by atoms with Gasteiger partial charge in [0.15, 0.2) is 5.75 Å². The highest BCUT2D eigenvalue weighted by Crippen LogP contribution is 2.41.